The van der Waals surface area contributed by atoms with Crippen molar-refractivity contribution in [3.05, 3.63) is 35.9 Å². The molecule has 0 radical (unpaired) electrons. The Morgan fingerprint density at radius 1 is 0.903 bits per heavy atom. The van der Waals surface area contributed by atoms with Crippen LogP contribution < -0.4 is 0 Å². The molecule has 0 aromatic heterocycles. The summed E-state index contributed by atoms with van der Waals surface area (Å²) in [6, 6.07) is 7.22. The van der Waals surface area contributed by atoms with Crippen LogP contribution in [0, 0.1) is 0 Å². The quantitative estimate of drug-likeness (QED) is 0.499. The third-order valence-electron chi connectivity index (χ3n) is 3.61. The van der Waals surface area contributed by atoms with Crippen LogP contribution in [0.1, 0.15) is 59.9 Å². The lowest BCUT2D eigenvalue weighted by Crippen LogP contribution is -2.52. The number of ether oxygens (including phenoxy) is 3. The molecule has 0 spiro atoms. The molecule has 1 atom stereocenters. The Kier molecular flexibility index (Phi) is 9.02. The van der Waals surface area contributed by atoms with Gasteiger partial charge in [0.1, 0.15) is 23.9 Å². The van der Waals surface area contributed by atoms with Crippen LogP contribution in [0.25, 0.3) is 0 Å². The highest BCUT2D eigenvalue weighted by Crippen LogP contribution is 2.20. The molecule has 9 heteroatoms. The van der Waals surface area contributed by atoms with Crippen LogP contribution in [0.2, 0.25) is 0 Å². The molecule has 172 valence electrons. The number of carboxylic acids is 1. The number of carbonyl (C=O) groups is 4. The maximum absolute atomic E-state index is 12.8. The zero-order valence-corrected chi connectivity index (χ0v) is 18.8. The van der Waals surface area contributed by atoms with E-state index in [1.807, 2.05) is 0 Å². The molecule has 1 rings (SSSR count). The summed E-state index contributed by atoms with van der Waals surface area (Å²) in [7, 11) is 0. The average Bonchev–Trinajstić information content (AvgIpc) is 2.60. The topological polar surface area (TPSA) is 119 Å². The van der Waals surface area contributed by atoms with Gasteiger partial charge < -0.3 is 19.3 Å². The molecule has 0 fully saturated rings. The minimum absolute atomic E-state index is 0.154. The third kappa shape index (κ3) is 9.97. The van der Waals surface area contributed by atoms with E-state index in [4.69, 9.17) is 19.3 Å². The van der Waals surface area contributed by atoms with Crippen LogP contribution in [-0.2, 0) is 30.4 Å². The van der Waals surface area contributed by atoms with Crippen molar-refractivity contribution in [3.63, 3.8) is 0 Å². The second-order valence-electron chi connectivity index (χ2n) is 8.87. The minimum atomic E-state index is -1.53. The van der Waals surface area contributed by atoms with Crippen LogP contribution in [0.15, 0.2) is 30.3 Å². The zero-order chi connectivity index (χ0) is 23.8. The van der Waals surface area contributed by atoms with Crippen molar-refractivity contribution in [3.8, 4) is 0 Å². The van der Waals surface area contributed by atoms with E-state index in [-0.39, 0.29) is 13.0 Å². The van der Waals surface area contributed by atoms with Gasteiger partial charge in [0.15, 0.2) is 0 Å². The largest absolute Gasteiger partial charge is 0.481 e. The van der Waals surface area contributed by atoms with Gasteiger partial charge in [-0.3, -0.25) is 4.79 Å². The molecule has 0 saturated heterocycles. The molecule has 0 aliphatic carbocycles. The smallest absolute Gasteiger partial charge is 0.420 e. The summed E-state index contributed by atoms with van der Waals surface area (Å²) < 4.78 is 15.8. The van der Waals surface area contributed by atoms with Crippen molar-refractivity contribution in [1.82, 2.24) is 4.90 Å². The highest BCUT2D eigenvalue weighted by atomic mass is 16.6. The molecule has 0 heterocycles. The summed E-state index contributed by atoms with van der Waals surface area (Å²) in [4.78, 5) is 50.1. The van der Waals surface area contributed by atoms with Crippen molar-refractivity contribution in [1.29, 1.82) is 0 Å². The first kappa shape index (κ1) is 25.9. The molecular formula is C22H31NO8. The standard InChI is InChI=1S/C22H31NO8/c1-21(2,3)30-18(26)16(12-13-17(24)25)23(20(28)31-22(4,5)6)19(27)29-14-15-10-8-7-9-11-15/h7-11,16H,12-14H2,1-6H3,(H,24,25)/t16-/m1/s1. The lowest BCUT2D eigenvalue weighted by Gasteiger charge is -2.32. The van der Waals surface area contributed by atoms with E-state index in [1.54, 1.807) is 71.9 Å². The van der Waals surface area contributed by atoms with Crippen LogP contribution in [0.5, 0.6) is 0 Å². The SMILES string of the molecule is CC(C)(C)OC(=O)[C@@H](CCC(=O)O)N(C(=O)OCc1ccccc1)C(=O)OC(C)(C)C. The Balaban J connectivity index is 3.22. The number of nitrogens with zero attached hydrogens (tertiary/aromatic N) is 1. The zero-order valence-electron chi connectivity index (χ0n) is 18.8. The Labute approximate surface area is 182 Å². The summed E-state index contributed by atoms with van der Waals surface area (Å²) in [5.41, 5.74) is -1.23. The fraction of sp³-hybridized carbons (Fsp3) is 0.545. The highest BCUT2D eigenvalue weighted by molar-refractivity contribution is 5.94. The molecule has 1 N–H and O–H groups in total. The lowest BCUT2D eigenvalue weighted by molar-refractivity contribution is -0.161. The predicted octanol–water partition coefficient (Wildman–Crippen LogP) is 4.14. The first-order chi connectivity index (χ1) is 14.2. The summed E-state index contributed by atoms with van der Waals surface area (Å²) in [6.07, 6.45) is -3.11. The van der Waals surface area contributed by atoms with Gasteiger partial charge in [-0.1, -0.05) is 30.3 Å². The van der Waals surface area contributed by atoms with E-state index >= 15 is 0 Å². The number of amides is 2. The van der Waals surface area contributed by atoms with E-state index in [9.17, 15) is 19.2 Å². The molecule has 31 heavy (non-hydrogen) atoms. The van der Waals surface area contributed by atoms with Gasteiger partial charge in [-0.15, -0.1) is 0 Å². The second-order valence-corrected chi connectivity index (χ2v) is 8.87. The number of imide groups is 1. The summed E-state index contributed by atoms with van der Waals surface area (Å²) in [6.45, 7) is 9.48. The van der Waals surface area contributed by atoms with Crippen LogP contribution in [0.3, 0.4) is 0 Å². The van der Waals surface area contributed by atoms with E-state index in [0.717, 1.165) is 0 Å². The number of rotatable bonds is 7. The Morgan fingerprint density at radius 3 is 1.94 bits per heavy atom. The number of carboxylic acid groups (broad SMARTS) is 1. The van der Waals surface area contributed by atoms with Gasteiger partial charge in [0.05, 0.1) is 0 Å². The molecule has 2 amide bonds. The fourth-order valence-corrected chi connectivity index (χ4v) is 2.41. The van der Waals surface area contributed by atoms with E-state index < -0.39 is 47.8 Å². The van der Waals surface area contributed by atoms with Crippen LogP contribution in [-0.4, -0.2) is 51.4 Å². The monoisotopic (exact) mass is 437 g/mol. The van der Waals surface area contributed by atoms with Crippen molar-refractivity contribution in [2.75, 3.05) is 0 Å². The highest BCUT2D eigenvalue weighted by Gasteiger charge is 2.41. The predicted molar refractivity (Wildman–Crippen MR) is 111 cm³/mol. The van der Waals surface area contributed by atoms with Gasteiger partial charge in [0.2, 0.25) is 0 Å². The molecule has 0 saturated carbocycles. The minimum Gasteiger partial charge on any atom is -0.481 e. The molecule has 9 nitrogen and oxygen atoms in total. The van der Waals surface area contributed by atoms with Crippen LogP contribution in [0.4, 0.5) is 9.59 Å². The number of carbonyl (C=O) groups excluding carboxylic acids is 3. The maximum Gasteiger partial charge on any atom is 0.420 e. The molecular weight excluding hydrogens is 406 g/mol. The van der Waals surface area contributed by atoms with Crippen molar-refractivity contribution >= 4 is 24.1 Å². The van der Waals surface area contributed by atoms with Gasteiger partial charge >= 0.3 is 24.1 Å². The van der Waals surface area contributed by atoms with Gasteiger partial charge in [0, 0.05) is 6.42 Å². The molecule has 1 aromatic carbocycles. The van der Waals surface area contributed by atoms with E-state index in [0.29, 0.717) is 10.5 Å². The number of aliphatic carboxylic acids is 1. The Bertz CT molecular complexity index is 777. The van der Waals surface area contributed by atoms with Gasteiger partial charge in [-0.2, -0.15) is 4.90 Å². The summed E-state index contributed by atoms with van der Waals surface area (Å²) >= 11 is 0. The van der Waals surface area contributed by atoms with Gasteiger partial charge in [-0.25, -0.2) is 14.4 Å². The Morgan fingerprint density at radius 2 is 1.45 bits per heavy atom. The van der Waals surface area contributed by atoms with Gasteiger partial charge in [-0.05, 0) is 53.5 Å². The first-order valence-electron chi connectivity index (χ1n) is 9.87. The number of hydrogen-bond acceptors (Lipinski definition) is 7. The summed E-state index contributed by atoms with van der Waals surface area (Å²) in [5, 5.41) is 9.07. The van der Waals surface area contributed by atoms with E-state index in [2.05, 4.69) is 0 Å². The molecule has 0 bridgehead atoms. The normalized spacial score (nSPS) is 12.5. The van der Waals surface area contributed by atoms with Gasteiger partial charge in [0.25, 0.3) is 0 Å². The molecule has 0 aliphatic heterocycles. The maximum atomic E-state index is 12.8. The fourth-order valence-electron chi connectivity index (χ4n) is 2.41. The Hall–Kier alpha value is -3.10. The number of esters is 1. The van der Waals surface area contributed by atoms with Crippen molar-refractivity contribution in [2.45, 2.75) is 78.2 Å². The van der Waals surface area contributed by atoms with E-state index in [1.165, 1.54) is 0 Å². The van der Waals surface area contributed by atoms with Crippen molar-refractivity contribution < 1.29 is 38.5 Å². The lowest BCUT2D eigenvalue weighted by atomic mass is 10.1. The van der Waals surface area contributed by atoms with Crippen molar-refractivity contribution in [2.24, 2.45) is 0 Å². The molecule has 1 aromatic rings. The molecule has 0 aliphatic rings. The second kappa shape index (κ2) is 10.8. The first-order valence-corrected chi connectivity index (χ1v) is 9.87. The molecule has 0 unspecified atom stereocenters. The summed E-state index contributed by atoms with van der Waals surface area (Å²) in [5.74, 6) is -2.13. The average molecular weight is 437 g/mol. The third-order valence-corrected chi connectivity index (χ3v) is 3.61. The number of hydrogen-bond donors (Lipinski definition) is 1. The van der Waals surface area contributed by atoms with Crippen LogP contribution >= 0.6 is 0 Å². The number of benzene rings is 1.